The fourth-order valence-electron chi connectivity index (χ4n) is 3.36. The molecule has 146 valence electrons. The summed E-state index contributed by atoms with van der Waals surface area (Å²) < 4.78 is 48.9. The average Bonchev–Trinajstić information content (AvgIpc) is 2.82. The molecule has 3 heterocycles. The summed E-state index contributed by atoms with van der Waals surface area (Å²) in [5.74, 6) is 0.440. The summed E-state index contributed by atoms with van der Waals surface area (Å²) in [5.41, 5.74) is 4.46. The number of aromatic nitrogens is 3. The van der Waals surface area contributed by atoms with Crippen LogP contribution in [0, 0.1) is 6.92 Å². The van der Waals surface area contributed by atoms with Crippen molar-refractivity contribution in [1.29, 1.82) is 0 Å². The van der Waals surface area contributed by atoms with Crippen LogP contribution >= 0.6 is 0 Å². The molecule has 0 spiro atoms. The van der Waals surface area contributed by atoms with Gasteiger partial charge in [0.1, 0.15) is 11.6 Å². The maximum absolute atomic E-state index is 12.4. The van der Waals surface area contributed by atoms with Crippen molar-refractivity contribution in [3.05, 3.63) is 54.0 Å². The molecule has 0 atom stereocenters. The summed E-state index contributed by atoms with van der Waals surface area (Å²) in [6.07, 6.45) is -2.26. The van der Waals surface area contributed by atoms with E-state index >= 15 is 0 Å². The zero-order chi connectivity index (χ0) is 19.7. The number of ether oxygens (including phenoxy) is 2. The van der Waals surface area contributed by atoms with Gasteiger partial charge in [0.25, 0.3) is 0 Å². The Balaban J connectivity index is 1.77. The smallest absolute Gasteiger partial charge is 0.406 e. The van der Waals surface area contributed by atoms with Gasteiger partial charge in [-0.05, 0) is 43.3 Å². The summed E-state index contributed by atoms with van der Waals surface area (Å²) >= 11 is 0. The van der Waals surface area contributed by atoms with Gasteiger partial charge in [-0.3, -0.25) is 4.98 Å². The Hall–Kier alpha value is -2.87. The van der Waals surface area contributed by atoms with Crippen molar-refractivity contribution < 1.29 is 22.6 Å². The third kappa shape index (κ3) is 3.87. The average molecular weight is 389 g/mol. The summed E-state index contributed by atoms with van der Waals surface area (Å²) in [6, 6.07) is 9.65. The Morgan fingerprint density at radius 2 is 1.86 bits per heavy atom. The second-order valence-corrected chi connectivity index (χ2v) is 6.50. The summed E-state index contributed by atoms with van der Waals surface area (Å²) in [5, 5.41) is 0. The Morgan fingerprint density at radius 3 is 2.57 bits per heavy atom. The molecule has 0 unspecified atom stereocenters. The highest BCUT2D eigenvalue weighted by atomic mass is 19.4. The van der Waals surface area contributed by atoms with E-state index in [-0.39, 0.29) is 5.75 Å². The zero-order valence-electron chi connectivity index (χ0n) is 15.2. The molecule has 0 aliphatic carbocycles. The standard InChI is InChI=1S/C20H18F3N3O2/c1-13-12-15(6-8-24-13)18-17-7-10-27-11-9-26(17)19(25-18)14-2-4-16(5-3-14)28-20(21,22)23/h2-6,8,12H,7,9-11H2,1H3. The van der Waals surface area contributed by atoms with Crippen molar-refractivity contribution in [2.24, 2.45) is 0 Å². The first-order valence-corrected chi connectivity index (χ1v) is 8.87. The molecule has 2 aromatic heterocycles. The highest BCUT2D eigenvalue weighted by molar-refractivity contribution is 5.69. The summed E-state index contributed by atoms with van der Waals surface area (Å²) in [4.78, 5) is 9.07. The molecule has 0 saturated carbocycles. The maximum atomic E-state index is 12.4. The van der Waals surface area contributed by atoms with Gasteiger partial charge in [0.2, 0.25) is 0 Å². The number of alkyl halides is 3. The number of pyridine rings is 1. The van der Waals surface area contributed by atoms with Crippen LogP contribution in [0.15, 0.2) is 42.6 Å². The predicted molar refractivity (Wildman–Crippen MR) is 96.8 cm³/mol. The fourth-order valence-corrected chi connectivity index (χ4v) is 3.36. The van der Waals surface area contributed by atoms with Crippen molar-refractivity contribution >= 4 is 0 Å². The maximum Gasteiger partial charge on any atom is 0.573 e. The van der Waals surface area contributed by atoms with Gasteiger partial charge in [0, 0.05) is 41.7 Å². The SMILES string of the molecule is Cc1cc(-c2nc(-c3ccc(OC(F)(F)F)cc3)n3c2CCOCC3)ccn1. The van der Waals surface area contributed by atoms with Gasteiger partial charge in [0.05, 0.1) is 18.9 Å². The lowest BCUT2D eigenvalue weighted by Gasteiger charge is -2.11. The van der Waals surface area contributed by atoms with E-state index < -0.39 is 6.36 Å². The minimum absolute atomic E-state index is 0.257. The molecular weight excluding hydrogens is 371 g/mol. The van der Waals surface area contributed by atoms with Gasteiger partial charge in [-0.15, -0.1) is 13.2 Å². The quantitative estimate of drug-likeness (QED) is 0.667. The van der Waals surface area contributed by atoms with Gasteiger partial charge < -0.3 is 14.0 Å². The van der Waals surface area contributed by atoms with Gasteiger partial charge >= 0.3 is 6.36 Å². The third-order valence-electron chi connectivity index (χ3n) is 4.53. The van der Waals surface area contributed by atoms with Gasteiger partial charge in [-0.1, -0.05) is 0 Å². The molecule has 0 radical (unpaired) electrons. The number of halogens is 3. The topological polar surface area (TPSA) is 49.2 Å². The molecule has 5 nitrogen and oxygen atoms in total. The Morgan fingerprint density at radius 1 is 1.07 bits per heavy atom. The zero-order valence-corrected chi connectivity index (χ0v) is 15.2. The Kier molecular flexibility index (Phi) is 4.80. The number of benzene rings is 1. The van der Waals surface area contributed by atoms with Crippen molar-refractivity contribution in [1.82, 2.24) is 14.5 Å². The minimum Gasteiger partial charge on any atom is -0.406 e. The van der Waals surface area contributed by atoms with Crippen LogP contribution in [-0.4, -0.2) is 34.1 Å². The first-order chi connectivity index (χ1) is 13.4. The second-order valence-electron chi connectivity index (χ2n) is 6.50. The van der Waals surface area contributed by atoms with Crippen LogP contribution in [0.25, 0.3) is 22.6 Å². The highest BCUT2D eigenvalue weighted by Crippen LogP contribution is 2.32. The Bertz CT molecular complexity index is 981. The first kappa shape index (κ1) is 18.5. The van der Waals surface area contributed by atoms with Crippen LogP contribution in [-0.2, 0) is 17.7 Å². The first-order valence-electron chi connectivity index (χ1n) is 8.87. The van der Waals surface area contributed by atoms with E-state index in [4.69, 9.17) is 9.72 Å². The van der Waals surface area contributed by atoms with Crippen molar-refractivity contribution in [2.45, 2.75) is 26.3 Å². The molecule has 0 bridgehead atoms. The lowest BCUT2D eigenvalue weighted by Crippen LogP contribution is -2.17. The molecule has 0 saturated heterocycles. The van der Waals surface area contributed by atoms with E-state index in [9.17, 15) is 13.2 Å². The molecule has 0 N–H and O–H groups in total. The van der Waals surface area contributed by atoms with Crippen LogP contribution in [0.5, 0.6) is 5.75 Å². The molecule has 28 heavy (non-hydrogen) atoms. The molecule has 1 aliphatic heterocycles. The predicted octanol–water partition coefficient (Wildman–Crippen LogP) is 4.39. The molecule has 3 aromatic rings. The number of nitrogens with zero attached hydrogens (tertiary/aromatic N) is 3. The number of aryl methyl sites for hydroxylation is 1. The lowest BCUT2D eigenvalue weighted by molar-refractivity contribution is -0.274. The molecular formula is C20H18F3N3O2. The van der Waals surface area contributed by atoms with Crippen LogP contribution in [0.2, 0.25) is 0 Å². The number of fused-ring (bicyclic) bond motifs is 1. The second kappa shape index (κ2) is 7.27. The molecule has 8 heteroatoms. The van der Waals surface area contributed by atoms with E-state index in [0.717, 1.165) is 28.2 Å². The third-order valence-corrected chi connectivity index (χ3v) is 4.53. The van der Waals surface area contributed by atoms with Crippen LogP contribution in [0.3, 0.4) is 0 Å². The summed E-state index contributed by atoms with van der Waals surface area (Å²) in [7, 11) is 0. The van der Waals surface area contributed by atoms with Crippen molar-refractivity contribution in [2.75, 3.05) is 13.2 Å². The summed E-state index contributed by atoms with van der Waals surface area (Å²) in [6.45, 7) is 3.70. The van der Waals surface area contributed by atoms with Crippen molar-refractivity contribution in [3.63, 3.8) is 0 Å². The van der Waals surface area contributed by atoms with Gasteiger partial charge in [0.15, 0.2) is 0 Å². The number of hydrogen-bond acceptors (Lipinski definition) is 4. The molecule has 1 aliphatic rings. The van der Waals surface area contributed by atoms with Crippen molar-refractivity contribution in [3.8, 4) is 28.4 Å². The fraction of sp³-hybridized carbons (Fsp3) is 0.300. The molecule has 0 amide bonds. The van der Waals surface area contributed by atoms with Crippen LogP contribution in [0.4, 0.5) is 13.2 Å². The lowest BCUT2D eigenvalue weighted by atomic mass is 10.1. The monoisotopic (exact) mass is 389 g/mol. The van der Waals surface area contributed by atoms with Gasteiger partial charge in [-0.2, -0.15) is 0 Å². The number of imidazole rings is 1. The van der Waals surface area contributed by atoms with E-state index in [1.54, 1.807) is 18.3 Å². The molecule has 4 rings (SSSR count). The minimum atomic E-state index is -4.71. The molecule has 1 aromatic carbocycles. The normalized spacial score (nSPS) is 14.4. The number of rotatable bonds is 3. The van der Waals surface area contributed by atoms with E-state index in [2.05, 4.69) is 14.3 Å². The molecule has 0 fully saturated rings. The van der Waals surface area contributed by atoms with Crippen LogP contribution in [0.1, 0.15) is 11.4 Å². The van der Waals surface area contributed by atoms with E-state index in [0.29, 0.717) is 32.0 Å². The van der Waals surface area contributed by atoms with Crippen LogP contribution < -0.4 is 4.74 Å². The largest absolute Gasteiger partial charge is 0.573 e. The van der Waals surface area contributed by atoms with E-state index in [1.807, 2.05) is 19.1 Å². The number of hydrogen-bond donors (Lipinski definition) is 0. The Labute approximate surface area is 159 Å². The highest BCUT2D eigenvalue weighted by Gasteiger charge is 2.31. The van der Waals surface area contributed by atoms with Gasteiger partial charge in [-0.25, -0.2) is 4.98 Å². The van der Waals surface area contributed by atoms with E-state index in [1.165, 1.54) is 12.1 Å².